The highest BCUT2D eigenvalue weighted by Gasteiger charge is 2.25. The Morgan fingerprint density at radius 2 is 2.00 bits per heavy atom. The van der Waals surface area contributed by atoms with E-state index in [1.54, 1.807) is 13.1 Å². The molecule has 0 atom stereocenters. The monoisotopic (exact) mass is 410 g/mol. The van der Waals surface area contributed by atoms with Crippen molar-refractivity contribution in [2.24, 2.45) is 0 Å². The molecule has 29 heavy (non-hydrogen) atoms. The molecule has 2 aromatic carbocycles. The number of nitrogens with zero attached hydrogens (tertiary/aromatic N) is 2. The third-order valence-electron chi connectivity index (χ3n) is 4.51. The number of aryl methyl sites for hydroxylation is 1. The number of hydrogen-bond donors (Lipinski definition) is 2. The predicted molar refractivity (Wildman–Crippen MR) is 107 cm³/mol. The lowest BCUT2D eigenvalue weighted by Crippen LogP contribution is -2.23. The second-order valence-corrected chi connectivity index (χ2v) is 6.82. The molecular formula is C21H16ClFN4O2. The Morgan fingerprint density at radius 3 is 2.69 bits per heavy atom. The minimum Gasteiger partial charge on any atom is -0.360 e. The first-order valence-corrected chi connectivity index (χ1v) is 9.20. The van der Waals surface area contributed by atoms with Crippen molar-refractivity contribution >= 4 is 17.5 Å². The Labute approximate surface area is 170 Å². The van der Waals surface area contributed by atoms with Gasteiger partial charge in [0.2, 0.25) is 0 Å². The summed E-state index contributed by atoms with van der Waals surface area (Å²) in [5.74, 6) is -0.712. The van der Waals surface area contributed by atoms with E-state index in [1.165, 1.54) is 18.2 Å². The number of nitrogens with one attached hydrogen (secondary N) is 2. The number of carbonyl (C=O) groups excluding carboxylic acids is 1. The van der Waals surface area contributed by atoms with Crippen molar-refractivity contribution in [3.8, 4) is 22.5 Å². The Kier molecular flexibility index (Phi) is 5.14. The van der Waals surface area contributed by atoms with Gasteiger partial charge in [-0.2, -0.15) is 5.10 Å². The third-order valence-corrected chi connectivity index (χ3v) is 4.82. The normalized spacial score (nSPS) is 10.9. The molecule has 0 saturated heterocycles. The summed E-state index contributed by atoms with van der Waals surface area (Å²) in [7, 11) is 0. The Hall–Kier alpha value is -3.45. The molecule has 4 rings (SSSR count). The zero-order valence-electron chi connectivity index (χ0n) is 15.4. The summed E-state index contributed by atoms with van der Waals surface area (Å²) in [5, 5.41) is 13.7. The van der Waals surface area contributed by atoms with E-state index in [-0.39, 0.29) is 34.1 Å². The van der Waals surface area contributed by atoms with Crippen LogP contribution in [0.1, 0.15) is 21.7 Å². The second kappa shape index (κ2) is 7.89. The number of aromatic amines is 1. The minimum absolute atomic E-state index is 0.0417. The van der Waals surface area contributed by atoms with Crippen LogP contribution in [0.5, 0.6) is 0 Å². The van der Waals surface area contributed by atoms with Crippen LogP contribution in [0.4, 0.5) is 4.39 Å². The molecule has 0 fully saturated rings. The first-order chi connectivity index (χ1) is 14.0. The molecule has 2 heterocycles. The molecule has 1 amide bonds. The number of rotatable bonds is 5. The van der Waals surface area contributed by atoms with Gasteiger partial charge in [0.1, 0.15) is 22.8 Å². The number of halogens is 2. The Balaban J connectivity index is 1.53. The van der Waals surface area contributed by atoms with Crippen LogP contribution in [0.2, 0.25) is 5.02 Å². The molecule has 0 saturated carbocycles. The molecule has 8 heteroatoms. The van der Waals surface area contributed by atoms with Crippen molar-refractivity contribution in [2.75, 3.05) is 0 Å². The molecule has 0 spiro atoms. The standard InChI is InChI=1S/C21H16ClFN4O2/c1-12-18(20(27-29-12)19-15(22)3-2-4-16(19)23)21(28)24-11-13-5-7-14(8-6-13)17-9-10-25-26-17/h2-10H,11H2,1H3,(H,24,28)(H,25,26). The summed E-state index contributed by atoms with van der Waals surface area (Å²) in [6, 6.07) is 13.8. The summed E-state index contributed by atoms with van der Waals surface area (Å²) in [6.45, 7) is 1.89. The van der Waals surface area contributed by atoms with Gasteiger partial charge in [-0.3, -0.25) is 9.89 Å². The fraction of sp³-hybridized carbons (Fsp3) is 0.0952. The van der Waals surface area contributed by atoms with Gasteiger partial charge in [0.25, 0.3) is 5.91 Å². The van der Waals surface area contributed by atoms with Crippen molar-refractivity contribution in [3.05, 3.63) is 82.5 Å². The highest BCUT2D eigenvalue weighted by Crippen LogP contribution is 2.33. The molecule has 2 aromatic heterocycles. The van der Waals surface area contributed by atoms with Crippen molar-refractivity contribution in [2.45, 2.75) is 13.5 Å². The molecule has 0 aliphatic carbocycles. The average Bonchev–Trinajstić information content (AvgIpc) is 3.37. The van der Waals surface area contributed by atoms with Gasteiger partial charge in [0, 0.05) is 12.7 Å². The summed E-state index contributed by atoms with van der Waals surface area (Å²) < 4.78 is 19.4. The number of H-pyrrole nitrogens is 1. The smallest absolute Gasteiger partial charge is 0.257 e. The van der Waals surface area contributed by atoms with E-state index in [9.17, 15) is 9.18 Å². The molecule has 4 aromatic rings. The van der Waals surface area contributed by atoms with Gasteiger partial charge in [0.05, 0.1) is 16.3 Å². The number of aromatic nitrogens is 3. The van der Waals surface area contributed by atoms with Gasteiger partial charge in [-0.15, -0.1) is 0 Å². The minimum atomic E-state index is -0.575. The topological polar surface area (TPSA) is 83.8 Å². The Morgan fingerprint density at radius 1 is 1.21 bits per heavy atom. The fourth-order valence-corrected chi connectivity index (χ4v) is 3.28. The Bertz CT molecular complexity index is 1130. The van der Waals surface area contributed by atoms with Crippen LogP contribution in [0.3, 0.4) is 0 Å². The first kappa shape index (κ1) is 18.9. The predicted octanol–water partition coefficient (Wildman–Crippen LogP) is 4.76. The van der Waals surface area contributed by atoms with Crippen LogP contribution in [0.15, 0.2) is 59.3 Å². The summed E-state index contributed by atoms with van der Waals surface area (Å²) in [5.41, 5.74) is 3.08. The van der Waals surface area contributed by atoms with Crippen molar-refractivity contribution in [1.82, 2.24) is 20.7 Å². The average molecular weight is 411 g/mol. The van der Waals surface area contributed by atoms with E-state index in [4.69, 9.17) is 16.1 Å². The van der Waals surface area contributed by atoms with Gasteiger partial charge in [-0.1, -0.05) is 47.1 Å². The maximum absolute atomic E-state index is 14.3. The molecular weight excluding hydrogens is 395 g/mol. The van der Waals surface area contributed by atoms with Gasteiger partial charge < -0.3 is 9.84 Å². The third kappa shape index (κ3) is 3.77. The largest absolute Gasteiger partial charge is 0.360 e. The van der Waals surface area contributed by atoms with E-state index in [0.717, 1.165) is 16.8 Å². The molecule has 0 aliphatic heterocycles. The van der Waals surface area contributed by atoms with E-state index in [0.29, 0.717) is 0 Å². The van der Waals surface area contributed by atoms with Crippen LogP contribution < -0.4 is 5.32 Å². The quantitative estimate of drug-likeness (QED) is 0.496. The molecule has 146 valence electrons. The zero-order valence-corrected chi connectivity index (χ0v) is 16.1. The summed E-state index contributed by atoms with van der Waals surface area (Å²) in [4.78, 5) is 12.8. The van der Waals surface area contributed by atoms with Gasteiger partial charge in [0.15, 0.2) is 0 Å². The van der Waals surface area contributed by atoms with Crippen molar-refractivity contribution in [3.63, 3.8) is 0 Å². The summed E-state index contributed by atoms with van der Waals surface area (Å²) >= 11 is 6.12. The van der Waals surface area contributed by atoms with Crippen molar-refractivity contribution < 1.29 is 13.7 Å². The maximum Gasteiger partial charge on any atom is 0.257 e. The second-order valence-electron chi connectivity index (χ2n) is 6.41. The van der Waals surface area contributed by atoms with E-state index in [2.05, 4.69) is 20.7 Å². The molecule has 2 N–H and O–H groups in total. The highest BCUT2D eigenvalue weighted by atomic mass is 35.5. The lowest BCUT2D eigenvalue weighted by molar-refractivity contribution is 0.0950. The number of carbonyl (C=O) groups is 1. The van der Waals surface area contributed by atoms with Crippen LogP contribution in [0.25, 0.3) is 22.5 Å². The molecule has 0 bridgehead atoms. The van der Waals surface area contributed by atoms with Crippen LogP contribution in [-0.4, -0.2) is 21.3 Å². The summed E-state index contributed by atoms with van der Waals surface area (Å²) in [6.07, 6.45) is 1.68. The van der Waals surface area contributed by atoms with Crippen molar-refractivity contribution in [1.29, 1.82) is 0 Å². The van der Waals surface area contributed by atoms with E-state index >= 15 is 0 Å². The number of benzene rings is 2. The molecule has 6 nitrogen and oxygen atoms in total. The van der Waals surface area contributed by atoms with E-state index < -0.39 is 11.7 Å². The highest BCUT2D eigenvalue weighted by molar-refractivity contribution is 6.33. The lowest BCUT2D eigenvalue weighted by atomic mass is 10.0. The number of amides is 1. The lowest BCUT2D eigenvalue weighted by Gasteiger charge is -2.08. The van der Waals surface area contributed by atoms with Gasteiger partial charge in [-0.25, -0.2) is 4.39 Å². The van der Waals surface area contributed by atoms with Crippen LogP contribution in [-0.2, 0) is 6.54 Å². The van der Waals surface area contributed by atoms with Crippen LogP contribution >= 0.6 is 11.6 Å². The zero-order chi connectivity index (χ0) is 20.4. The first-order valence-electron chi connectivity index (χ1n) is 8.82. The van der Waals surface area contributed by atoms with Gasteiger partial charge >= 0.3 is 0 Å². The molecule has 0 unspecified atom stereocenters. The molecule has 0 aliphatic rings. The van der Waals surface area contributed by atoms with E-state index in [1.807, 2.05) is 30.3 Å². The SMILES string of the molecule is Cc1onc(-c2c(F)cccc2Cl)c1C(=O)NCc1ccc(-c2ccn[nH]2)cc1. The van der Waals surface area contributed by atoms with Gasteiger partial charge in [-0.05, 0) is 36.2 Å². The fourth-order valence-electron chi connectivity index (χ4n) is 3.02. The van der Waals surface area contributed by atoms with Crippen LogP contribution in [0, 0.1) is 12.7 Å². The number of hydrogen-bond acceptors (Lipinski definition) is 4. The maximum atomic E-state index is 14.3. The molecule has 0 radical (unpaired) electrons.